The van der Waals surface area contributed by atoms with Gasteiger partial charge in [-0.25, -0.2) is 4.98 Å². The highest BCUT2D eigenvalue weighted by molar-refractivity contribution is 7.86. The van der Waals surface area contributed by atoms with Gasteiger partial charge in [0.25, 0.3) is 16.0 Å². The first kappa shape index (κ1) is 38.2. The Bertz CT molecular complexity index is 2360. The van der Waals surface area contributed by atoms with Gasteiger partial charge >= 0.3 is 0 Å². The van der Waals surface area contributed by atoms with Crippen LogP contribution >= 0.6 is 0 Å². The molecule has 0 unspecified atom stereocenters. The van der Waals surface area contributed by atoms with Gasteiger partial charge in [0.05, 0.1) is 17.2 Å². The van der Waals surface area contributed by atoms with E-state index in [0.29, 0.717) is 37.5 Å². The SMILES string of the molecule is O=C(NCCCNC(=O)C1(c2ccc3c(c2)C=C(Cc2ccc(-c4ccccc4)cc2)CO3)CCCC1)c1ccc(N/N=C/c2ccccc2S(=O)(=O)O)nc1. The molecule has 11 nitrogen and oxygen atoms in total. The van der Waals surface area contributed by atoms with E-state index in [2.05, 4.69) is 74.7 Å². The number of pyridine rings is 1. The van der Waals surface area contributed by atoms with Gasteiger partial charge in [-0.2, -0.15) is 13.5 Å². The zero-order valence-electron chi connectivity index (χ0n) is 30.8. The fourth-order valence-corrected chi connectivity index (χ4v) is 7.97. The number of hydrazone groups is 1. The Morgan fingerprint density at radius 2 is 1.59 bits per heavy atom. The Morgan fingerprint density at radius 1 is 0.857 bits per heavy atom. The van der Waals surface area contributed by atoms with Crippen LogP contribution in [-0.2, 0) is 26.7 Å². The second kappa shape index (κ2) is 17.1. The zero-order valence-corrected chi connectivity index (χ0v) is 31.6. The van der Waals surface area contributed by atoms with Crippen molar-refractivity contribution in [3.05, 3.63) is 149 Å². The molecule has 2 heterocycles. The highest BCUT2D eigenvalue weighted by Crippen LogP contribution is 2.43. The topological polar surface area (TPSA) is 159 Å². The maximum atomic E-state index is 13.8. The molecule has 5 aromatic rings. The highest BCUT2D eigenvalue weighted by atomic mass is 32.2. The molecule has 0 bridgehead atoms. The Balaban J connectivity index is 0.899. The average molecular weight is 770 g/mol. The number of rotatable bonds is 14. The minimum absolute atomic E-state index is 0.0112. The molecular formula is C44H43N5O6S. The van der Waals surface area contributed by atoms with Crippen LogP contribution in [0, 0.1) is 0 Å². The molecule has 0 spiro atoms. The van der Waals surface area contributed by atoms with Gasteiger partial charge in [0.1, 0.15) is 23.1 Å². The minimum atomic E-state index is -4.40. The van der Waals surface area contributed by atoms with E-state index >= 15 is 0 Å². The minimum Gasteiger partial charge on any atom is -0.489 e. The van der Waals surface area contributed by atoms with Crippen molar-refractivity contribution in [1.29, 1.82) is 0 Å². The van der Waals surface area contributed by atoms with Crippen molar-refractivity contribution >= 4 is 40.0 Å². The number of nitrogens with one attached hydrogen (secondary N) is 3. The summed E-state index contributed by atoms with van der Waals surface area (Å²) in [6.45, 7) is 1.31. The Labute approximate surface area is 326 Å². The normalized spacial score (nSPS) is 14.7. The third kappa shape index (κ3) is 9.05. The van der Waals surface area contributed by atoms with Crippen molar-refractivity contribution in [2.45, 2.75) is 48.8 Å². The molecule has 1 saturated carbocycles. The van der Waals surface area contributed by atoms with Gasteiger partial charge in [-0.3, -0.25) is 19.6 Å². The van der Waals surface area contributed by atoms with Crippen LogP contribution in [0.1, 0.15) is 64.7 Å². The van der Waals surface area contributed by atoms with E-state index in [1.807, 2.05) is 30.3 Å². The van der Waals surface area contributed by atoms with Crippen LogP contribution < -0.4 is 20.8 Å². The summed E-state index contributed by atoms with van der Waals surface area (Å²) in [5.74, 6) is 0.868. The van der Waals surface area contributed by atoms with Crippen molar-refractivity contribution in [2.75, 3.05) is 25.1 Å². The van der Waals surface area contributed by atoms with Gasteiger partial charge in [0.15, 0.2) is 0 Å². The van der Waals surface area contributed by atoms with Gasteiger partial charge in [-0.15, -0.1) is 0 Å². The quantitative estimate of drug-likeness (QED) is 0.0399. The fourth-order valence-electron chi connectivity index (χ4n) is 7.31. The van der Waals surface area contributed by atoms with Crippen LogP contribution in [0.2, 0.25) is 0 Å². The van der Waals surface area contributed by atoms with Gasteiger partial charge in [0, 0.05) is 30.4 Å². The number of anilines is 1. The number of hydrogen-bond donors (Lipinski definition) is 4. The number of carbonyl (C=O) groups excluding carboxylic acids is 2. The Morgan fingerprint density at radius 3 is 2.34 bits per heavy atom. The monoisotopic (exact) mass is 769 g/mol. The molecule has 7 rings (SSSR count). The highest BCUT2D eigenvalue weighted by Gasteiger charge is 2.42. The molecule has 286 valence electrons. The van der Waals surface area contributed by atoms with E-state index in [-0.39, 0.29) is 22.3 Å². The number of carbonyl (C=O) groups is 2. The number of amides is 2. The lowest BCUT2D eigenvalue weighted by atomic mass is 9.77. The maximum absolute atomic E-state index is 13.8. The molecule has 0 atom stereocenters. The molecule has 4 aromatic carbocycles. The lowest BCUT2D eigenvalue weighted by Gasteiger charge is -2.30. The molecule has 1 aliphatic heterocycles. The van der Waals surface area contributed by atoms with Crippen LogP contribution in [0.25, 0.3) is 17.2 Å². The van der Waals surface area contributed by atoms with E-state index in [1.165, 1.54) is 52.9 Å². The number of fused-ring (bicyclic) bond motifs is 1. The number of aromatic nitrogens is 1. The molecule has 56 heavy (non-hydrogen) atoms. The summed E-state index contributed by atoms with van der Waals surface area (Å²) >= 11 is 0. The van der Waals surface area contributed by atoms with Crippen LogP contribution in [-0.4, -0.2) is 55.7 Å². The van der Waals surface area contributed by atoms with Crippen molar-refractivity contribution in [1.82, 2.24) is 15.6 Å². The first-order valence-electron chi connectivity index (χ1n) is 18.7. The van der Waals surface area contributed by atoms with Crippen LogP contribution in [0.15, 0.2) is 131 Å². The molecule has 12 heteroatoms. The fraction of sp³-hybridized carbons (Fsp3) is 0.227. The van der Waals surface area contributed by atoms with Crippen molar-refractivity contribution < 1.29 is 27.3 Å². The Kier molecular flexibility index (Phi) is 11.7. The number of ether oxygens (including phenoxy) is 1. The van der Waals surface area contributed by atoms with Crippen molar-refractivity contribution in [3.63, 3.8) is 0 Å². The van der Waals surface area contributed by atoms with Crippen LogP contribution in [0.3, 0.4) is 0 Å². The predicted octanol–water partition coefficient (Wildman–Crippen LogP) is 7.21. The molecule has 1 fully saturated rings. The molecule has 1 aliphatic carbocycles. The summed E-state index contributed by atoms with van der Waals surface area (Å²) in [5, 5.41) is 10.0. The van der Waals surface area contributed by atoms with Gasteiger partial charge in [-0.05, 0) is 89.9 Å². The molecular weight excluding hydrogens is 727 g/mol. The zero-order chi connectivity index (χ0) is 39.0. The summed E-state index contributed by atoms with van der Waals surface area (Å²) in [6, 6.07) is 34.2. The molecule has 0 radical (unpaired) electrons. The standard InChI is InChI=1S/C44H43N5O6S/c50-42(36-17-20-41(47-28-36)49-48-29-35-11-4-5-12-40(35)56(52,53)54)45-23-8-24-46-43(51)44(21-6-7-22-44)38-18-19-39-37(27-38)26-32(30-55-39)25-31-13-15-34(16-14-31)33-9-2-1-3-10-33/h1-5,9-20,26-29H,6-8,21-25,30H2,(H,45,50)(H,46,51)(H,47,49)(H,52,53,54)/b48-29+. The van der Waals surface area contributed by atoms with Gasteiger partial charge in [-0.1, -0.05) is 91.7 Å². The largest absolute Gasteiger partial charge is 0.489 e. The third-order valence-corrected chi connectivity index (χ3v) is 11.2. The van der Waals surface area contributed by atoms with E-state index in [1.54, 1.807) is 18.2 Å². The molecule has 2 aliphatic rings. The molecule has 0 saturated heterocycles. The summed E-state index contributed by atoms with van der Waals surface area (Å²) < 4.78 is 38.7. The lowest BCUT2D eigenvalue weighted by Crippen LogP contribution is -2.43. The first-order chi connectivity index (χ1) is 27.2. The van der Waals surface area contributed by atoms with Gasteiger partial charge < -0.3 is 15.4 Å². The first-order valence-corrected chi connectivity index (χ1v) is 20.1. The lowest BCUT2D eigenvalue weighted by molar-refractivity contribution is -0.126. The number of benzene rings is 4. The van der Waals surface area contributed by atoms with Gasteiger partial charge in [0.2, 0.25) is 5.91 Å². The predicted molar refractivity (Wildman–Crippen MR) is 217 cm³/mol. The number of nitrogens with zero attached hydrogens (tertiary/aromatic N) is 2. The van der Waals surface area contributed by atoms with Crippen molar-refractivity contribution in [2.24, 2.45) is 5.10 Å². The summed E-state index contributed by atoms with van der Waals surface area (Å²) in [5.41, 5.74) is 9.41. The van der Waals surface area contributed by atoms with Crippen LogP contribution in [0.4, 0.5) is 5.82 Å². The smallest absolute Gasteiger partial charge is 0.295 e. The van der Waals surface area contributed by atoms with E-state index in [0.717, 1.165) is 49.0 Å². The second-order valence-electron chi connectivity index (χ2n) is 14.1. The molecule has 2 amide bonds. The van der Waals surface area contributed by atoms with Crippen LogP contribution in [0.5, 0.6) is 5.75 Å². The van der Waals surface area contributed by atoms with E-state index in [4.69, 9.17) is 4.74 Å². The molecule has 1 aromatic heterocycles. The second-order valence-corrected chi connectivity index (χ2v) is 15.4. The number of hydrogen-bond acceptors (Lipinski definition) is 8. The summed E-state index contributed by atoms with van der Waals surface area (Å²) in [7, 11) is -4.40. The third-order valence-electron chi connectivity index (χ3n) is 10.2. The van der Waals surface area contributed by atoms with Crippen molar-refractivity contribution in [3.8, 4) is 16.9 Å². The Hall–Kier alpha value is -6.11. The summed E-state index contributed by atoms with van der Waals surface area (Å²) in [6.07, 6.45) is 9.71. The average Bonchev–Trinajstić information content (AvgIpc) is 3.73. The maximum Gasteiger partial charge on any atom is 0.295 e. The van der Waals surface area contributed by atoms with E-state index in [9.17, 15) is 22.6 Å². The van der Waals surface area contributed by atoms with E-state index < -0.39 is 15.5 Å². The molecule has 4 N–H and O–H groups in total. The summed E-state index contributed by atoms with van der Waals surface area (Å²) in [4.78, 5) is 30.5.